The molecule has 0 bridgehead atoms. The van der Waals surface area contributed by atoms with Gasteiger partial charge in [0, 0.05) is 18.7 Å². The lowest BCUT2D eigenvalue weighted by Crippen LogP contribution is -2.44. The lowest BCUT2D eigenvalue weighted by atomic mass is 10.2. The zero-order valence-corrected chi connectivity index (χ0v) is 15.2. The van der Waals surface area contributed by atoms with E-state index in [1.165, 1.54) is 4.90 Å². The van der Waals surface area contributed by atoms with Gasteiger partial charge in [0.2, 0.25) is 0 Å². The first-order valence-corrected chi connectivity index (χ1v) is 10.1. The van der Waals surface area contributed by atoms with E-state index in [-0.39, 0.29) is 17.3 Å². The predicted octanol–water partition coefficient (Wildman–Crippen LogP) is 1.93. The lowest BCUT2D eigenvalue weighted by Gasteiger charge is -2.28. The Kier molecular flexibility index (Phi) is 6.52. The summed E-state index contributed by atoms with van der Waals surface area (Å²) >= 11 is 0. The molecule has 0 radical (unpaired) electrons. The van der Waals surface area contributed by atoms with Crippen molar-refractivity contribution in [1.29, 1.82) is 0 Å². The van der Waals surface area contributed by atoms with Crippen LogP contribution in [-0.2, 0) is 14.6 Å². The Morgan fingerprint density at radius 3 is 2.73 bits per heavy atom. The summed E-state index contributed by atoms with van der Waals surface area (Å²) in [5.41, 5.74) is -0.415. The minimum absolute atomic E-state index is 0.0470. The first-order chi connectivity index (χ1) is 12.2. The normalized spacial score (nSPS) is 18.5. The summed E-state index contributed by atoms with van der Waals surface area (Å²) in [7, 11) is -3.14. The third-order valence-electron chi connectivity index (χ3n) is 4.20. The van der Waals surface area contributed by atoms with E-state index in [9.17, 15) is 27.7 Å². The van der Waals surface area contributed by atoms with Crippen molar-refractivity contribution in [2.24, 2.45) is 0 Å². The van der Waals surface area contributed by atoms with Gasteiger partial charge >= 0.3 is 0 Å². The second-order valence-corrected chi connectivity index (χ2v) is 8.39. The Morgan fingerprint density at radius 1 is 1.46 bits per heavy atom. The molecule has 8 nitrogen and oxygen atoms in total. The molecule has 0 aromatic heterocycles. The number of sulfone groups is 1. The number of rotatable bonds is 8. The van der Waals surface area contributed by atoms with E-state index in [0.717, 1.165) is 24.6 Å². The average Bonchev–Trinajstić information content (AvgIpc) is 2.93. The number of ether oxygens (including phenoxy) is 1. The molecular formula is C16H21FN2O6S. The van der Waals surface area contributed by atoms with Gasteiger partial charge in [-0.15, -0.1) is 0 Å². The second kappa shape index (κ2) is 8.43. The Hall–Kier alpha value is -2.23. The van der Waals surface area contributed by atoms with E-state index in [0.29, 0.717) is 19.4 Å². The van der Waals surface area contributed by atoms with Gasteiger partial charge < -0.3 is 9.64 Å². The molecule has 2 rings (SSSR count). The standard InChI is InChI=1S/C16H21FN2O6S/c1-2-3-7-18(13-6-8-26(23,24)11-13)16(20)10-25-15-5-4-12(19(21)22)9-14(15)17/h4-5,9,13H,2-3,6-8,10-11H2,1H3. The van der Waals surface area contributed by atoms with E-state index in [1.54, 1.807) is 0 Å². The molecular weight excluding hydrogens is 367 g/mol. The highest BCUT2D eigenvalue weighted by molar-refractivity contribution is 7.91. The van der Waals surface area contributed by atoms with Crippen molar-refractivity contribution >= 4 is 21.4 Å². The molecule has 0 spiro atoms. The van der Waals surface area contributed by atoms with Gasteiger partial charge in [-0.25, -0.2) is 12.8 Å². The van der Waals surface area contributed by atoms with Crippen molar-refractivity contribution in [3.05, 3.63) is 34.1 Å². The number of carbonyl (C=O) groups is 1. The molecule has 1 aromatic carbocycles. The van der Waals surface area contributed by atoms with Gasteiger partial charge in [0.15, 0.2) is 28.0 Å². The van der Waals surface area contributed by atoms with Gasteiger partial charge in [0.25, 0.3) is 11.6 Å². The number of nitro groups is 1. The van der Waals surface area contributed by atoms with Crippen LogP contribution < -0.4 is 4.74 Å². The van der Waals surface area contributed by atoms with Crippen LogP contribution in [0.2, 0.25) is 0 Å². The van der Waals surface area contributed by atoms with Gasteiger partial charge in [-0.3, -0.25) is 14.9 Å². The Labute approximate surface area is 151 Å². The number of hydrogen-bond acceptors (Lipinski definition) is 6. The number of benzene rings is 1. The molecule has 1 heterocycles. The van der Waals surface area contributed by atoms with Crippen molar-refractivity contribution in [1.82, 2.24) is 4.90 Å². The highest BCUT2D eigenvalue weighted by Crippen LogP contribution is 2.23. The van der Waals surface area contributed by atoms with Crippen molar-refractivity contribution in [3.63, 3.8) is 0 Å². The monoisotopic (exact) mass is 388 g/mol. The molecule has 1 aromatic rings. The van der Waals surface area contributed by atoms with E-state index in [1.807, 2.05) is 6.92 Å². The molecule has 0 N–H and O–H groups in total. The Morgan fingerprint density at radius 2 is 2.19 bits per heavy atom. The molecule has 1 aliphatic heterocycles. The molecule has 1 atom stereocenters. The van der Waals surface area contributed by atoms with Crippen molar-refractivity contribution in [3.8, 4) is 5.75 Å². The minimum Gasteiger partial charge on any atom is -0.481 e. The van der Waals surface area contributed by atoms with Gasteiger partial charge in [0.05, 0.1) is 22.5 Å². The van der Waals surface area contributed by atoms with Gasteiger partial charge in [-0.1, -0.05) is 13.3 Å². The summed E-state index contributed by atoms with van der Waals surface area (Å²) in [6.07, 6.45) is 1.93. The van der Waals surface area contributed by atoms with Gasteiger partial charge in [-0.05, 0) is 18.9 Å². The number of carbonyl (C=O) groups excluding carboxylic acids is 1. The lowest BCUT2D eigenvalue weighted by molar-refractivity contribution is -0.385. The maximum absolute atomic E-state index is 13.8. The Balaban J connectivity index is 2.04. The number of non-ortho nitro benzene ring substituents is 1. The van der Waals surface area contributed by atoms with Crippen molar-refractivity contribution in [2.75, 3.05) is 24.7 Å². The fourth-order valence-electron chi connectivity index (χ4n) is 2.80. The average molecular weight is 388 g/mol. The summed E-state index contributed by atoms with van der Waals surface area (Å²) < 4.78 is 42.4. The second-order valence-electron chi connectivity index (χ2n) is 6.16. The third kappa shape index (κ3) is 5.13. The van der Waals surface area contributed by atoms with Crippen LogP contribution >= 0.6 is 0 Å². The first kappa shape index (κ1) is 20.1. The first-order valence-electron chi connectivity index (χ1n) is 8.30. The van der Waals surface area contributed by atoms with E-state index >= 15 is 0 Å². The topological polar surface area (TPSA) is 107 Å². The molecule has 1 aliphatic rings. The van der Waals surface area contributed by atoms with Crippen LogP contribution in [0.25, 0.3) is 0 Å². The van der Waals surface area contributed by atoms with Crippen LogP contribution in [0.4, 0.5) is 10.1 Å². The van der Waals surface area contributed by atoms with Crippen molar-refractivity contribution in [2.45, 2.75) is 32.2 Å². The molecule has 1 saturated heterocycles. The van der Waals surface area contributed by atoms with Crippen LogP contribution in [0.15, 0.2) is 18.2 Å². The van der Waals surface area contributed by atoms with E-state index in [2.05, 4.69) is 0 Å². The number of halogens is 1. The highest BCUT2D eigenvalue weighted by Gasteiger charge is 2.34. The minimum atomic E-state index is -3.14. The largest absolute Gasteiger partial charge is 0.481 e. The molecule has 0 saturated carbocycles. The van der Waals surface area contributed by atoms with Crippen LogP contribution in [0.5, 0.6) is 5.75 Å². The third-order valence-corrected chi connectivity index (χ3v) is 5.95. The van der Waals surface area contributed by atoms with Crippen molar-refractivity contribution < 1.29 is 27.3 Å². The van der Waals surface area contributed by atoms with Crippen LogP contribution in [-0.4, -0.2) is 54.8 Å². The fraction of sp³-hybridized carbons (Fsp3) is 0.562. The Bertz CT molecular complexity index is 783. The molecule has 0 aliphatic carbocycles. The van der Waals surface area contributed by atoms with Crippen LogP contribution in [0.1, 0.15) is 26.2 Å². The summed E-state index contributed by atoms with van der Waals surface area (Å²) in [5, 5.41) is 10.6. The predicted molar refractivity (Wildman–Crippen MR) is 92.2 cm³/mol. The number of hydrogen-bond donors (Lipinski definition) is 0. The SMILES string of the molecule is CCCCN(C(=O)COc1ccc([N+](=O)[O-])cc1F)C1CCS(=O)(=O)C1. The number of nitrogens with zero attached hydrogens (tertiary/aromatic N) is 2. The van der Waals surface area contributed by atoms with E-state index < -0.39 is 44.8 Å². The summed E-state index contributed by atoms with van der Waals surface area (Å²) in [6, 6.07) is 2.50. The molecule has 1 amide bonds. The molecule has 10 heteroatoms. The smallest absolute Gasteiger partial charge is 0.272 e. The zero-order chi connectivity index (χ0) is 19.3. The van der Waals surface area contributed by atoms with E-state index in [4.69, 9.17) is 4.74 Å². The highest BCUT2D eigenvalue weighted by atomic mass is 32.2. The molecule has 1 fully saturated rings. The summed E-state index contributed by atoms with van der Waals surface area (Å²) in [5.74, 6) is -1.66. The molecule has 26 heavy (non-hydrogen) atoms. The maximum Gasteiger partial charge on any atom is 0.272 e. The van der Waals surface area contributed by atoms with Gasteiger partial charge in [0.1, 0.15) is 0 Å². The van der Waals surface area contributed by atoms with Gasteiger partial charge in [-0.2, -0.15) is 0 Å². The molecule has 1 unspecified atom stereocenters. The fourth-order valence-corrected chi connectivity index (χ4v) is 4.53. The number of nitro benzene ring substituents is 1. The van der Waals surface area contributed by atoms with Crippen LogP contribution in [0, 0.1) is 15.9 Å². The number of amides is 1. The zero-order valence-electron chi connectivity index (χ0n) is 14.4. The summed E-state index contributed by atoms with van der Waals surface area (Å²) in [4.78, 5) is 23.8. The molecule has 144 valence electrons. The summed E-state index contributed by atoms with van der Waals surface area (Å²) in [6.45, 7) is 1.90. The van der Waals surface area contributed by atoms with Crippen LogP contribution in [0.3, 0.4) is 0 Å². The quantitative estimate of drug-likeness (QED) is 0.497. The maximum atomic E-state index is 13.8. The number of unbranched alkanes of at least 4 members (excludes halogenated alkanes) is 1.